The van der Waals surface area contributed by atoms with Crippen molar-refractivity contribution in [2.24, 2.45) is 10.7 Å². The zero-order valence-corrected chi connectivity index (χ0v) is 9.05. The molecule has 0 saturated carbocycles. The summed E-state index contributed by atoms with van der Waals surface area (Å²) >= 11 is 1.66. The number of aliphatic imine (C=N–C) groups is 1. The summed E-state index contributed by atoms with van der Waals surface area (Å²) in [6.45, 7) is 2.10. The van der Waals surface area contributed by atoms with E-state index in [4.69, 9.17) is 5.73 Å². The van der Waals surface area contributed by atoms with Crippen molar-refractivity contribution in [1.82, 2.24) is 0 Å². The maximum Gasteiger partial charge on any atom is 0.154 e. The van der Waals surface area contributed by atoms with Gasteiger partial charge in [-0.1, -0.05) is 41.6 Å². The van der Waals surface area contributed by atoms with Crippen LogP contribution in [0.2, 0.25) is 0 Å². The number of hydrogen-bond donors (Lipinski definition) is 1. The Hall–Kier alpha value is -0.960. The van der Waals surface area contributed by atoms with Crippen LogP contribution in [0.15, 0.2) is 29.3 Å². The fourth-order valence-electron chi connectivity index (χ4n) is 1.54. The second-order valence-corrected chi connectivity index (χ2v) is 4.66. The molecule has 3 heteroatoms. The van der Waals surface area contributed by atoms with E-state index in [-0.39, 0.29) is 0 Å². The van der Waals surface area contributed by atoms with Gasteiger partial charge in [0.2, 0.25) is 0 Å². The van der Waals surface area contributed by atoms with Crippen LogP contribution in [-0.4, -0.2) is 17.0 Å². The smallest absolute Gasteiger partial charge is 0.154 e. The summed E-state index contributed by atoms with van der Waals surface area (Å²) in [4.78, 5) is 4.36. The molecule has 0 aliphatic carbocycles. The lowest BCUT2D eigenvalue weighted by Gasteiger charge is -2.05. The number of nitrogens with zero attached hydrogens (tertiary/aromatic N) is 1. The maximum absolute atomic E-state index is 5.62. The van der Waals surface area contributed by atoms with Crippen molar-refractivity contribution in [3.63, 3.8) is 0 Å². The third-order valence-electron chi connectivity index (χ3n) is 2.33. The molecule has 0 radical (unpaired) electrons. The molecule has 14 heavy (non-hydrogen) atoms. The number of rotatable bonds is 2. The maximum atomic E-state index is 5.62. The number of benzene rings is 1. The Morgan fingerprint density at radius 1 is 1.43 bits per heavy atom. The summed E-state index contributed by atoms with van der Waals surface area (Å²) in [7, 11) is 0. The molecule has 0 fully saturated rings. The van der Waals surface area contributed by atoms with Gasteiger partial charge in [-0.25, -0.2) is 0 Å². The van der Waals surface area contributed by atoms with Crippen molar-refractivity contribution in [3.05, 3.63) is 35.4 Å². The molecule has 1 aliphatic heterocycles. The Labute approximate surface area is 88.6 Å². The number of hydrogen-bond acceptors (Lipinski definition) is 3. The lowest BCUT2D eigenvalue weighted by molar-refractivity contribution is 0.762. The largest absolute Gasteiger partial charge is 0.379 e. The van der Waals surface area contributed by atoms with Crippen LogP contribution in [0, 0.1) is 6.92 Å². The Kier molecular flexibility index (Phi) is 2.77. The molecular weight excluding hydrogens is 192 g/mol. The average Bonchev–Trinajstić information content (AvgIpc) is 2.56. The first-order valence-corrected chi connectivity index (χ1v) is 5.74. The van der Waals surface area contributed by atoms with Crippen molar-refractivity contribution in [2.45, 2.75) is 19.4 Å². The van der Waals surface area contributed by atoms with Crippen molar-refractivity contribution in [1.29, 1.82) is 0 Å². The molecular formula is C11H14N2S. The van der Waals surface area contributed by atoms with Gasteiger partial charge in [0.05, 0.1) is 6.04 Å². The molecule has 1 unspecified atom stereocenters. The first-order valence-electron chi connectivity index (χ1n) is 4.75. The molecule has 74 valence electrons. The van der Waals surface area contributed by atoms with E-state index in [1.807, 2.05) is 0 Å². The van der Waals surface area contributed by atoms with Crippen LogP contribution in [0.25, 0.3) is 0 Å². The zero-order chi connectivity index (χ0) is 9.97. The second kappa shape index (κ2) is 4.05. The van der Waals surface area contributed by atoms with Gasteiger partial charge in [0.1, 0.15) is 0 Å². The number of nitrogens with two attached hydrogens (primary N) is 1. The standard InChI is InChI=1S/C11H14N2S/c1-8-2-4-9(5-3-8)6-10-7-14-11(12)13-10/h2-5,10H,6-7H2,1H3,(H2,12,13). The van der Waals surface area contributed by atoms with Gasteiger partial charge in [0.15, 0.2) is 5.17 Å². The van der Waals surface area contributed by atoms with E-state index in [0.29, 0.717) is 6.04 Å². The van der Waals surface area contributed by atoms with Gasteiger partial charge < -0.3 is 5.73 Å². The van der Waals surface area contributed by atoms with Crippen LogP contribution in [0.4, 0.5) is 0 Å². The molecule has 2 rings (SSSR count). The highest BCUT2D eigenvalue weighted by molar-refractivity contribution is 8.14. The minimum atomic E-state index is 0.378. The Morgan fingerprint density at radius 2 is 2.14 bits per heavy atom. The third kappa shape index (κ3) is 2.29. The summed E-state index contributed by atoms with van der Waals surface area (Å²) in [5, 5.41) is 0.738. The molecule has 1 atom stereocenters. The van der Waals surface area contributed by atoms with Crippen LogP contribution in [0.5, 0.6) is 0 Å². The van der Waals surface area contributed by atoms with Gasteiger partial charge in [-0.2, -0.15) is 0 Å². The van der Waals surface area contributed by atoms with E-state index < -0.39 is 0 Å². The summed E-state index contributed by atoms with van der Waals surface area (Å²) < 4.78 is 0. The van der Waals surface area contributed by atoms with Gasteiger partial charge in [0.25, 0.3) is 0 Å². The molecule has 1 heterocycles. The minimum Gasteiger partial charge on any atom is -0.379 e. The lowest BCUT2D eigenvalue weighted by atomic mass is 10.1. The van der Waals surface area contributed by atoms with Crippen molar-refractivity contribution < 1.29 is 0 Å². The molecule has 2 N–H and O–H groups in total. The molecule has 0 spiro atoms. The molecule has 0 aromatic heterocycles. The summed E-state index contributed by atoms with van der Waals surface area (Å²) in [5.41, 5.74) is 8.27. The fraction of sp³-hybridized carbons (Fsp3) is 0.364. The molecule has 0 amide bonds. The van der Waals surface area contributed by atoms with Crippen LogP contribution in [-0.2, 0) is 6.42 Å². The number of thioether (sulfide) groups is 1. The topological polar surface area (TPSA) is 38.4 Å². The fourth-order valence-corrected chi connectivity index (χ4v) is 2.32. The zero-order valence-electron chi connectivity index (χ0n) is 8.23. The van der Waals surface area contributed by atoms with E-state index in [2.05, 4.69) is 36.2 Å². The third-order valence-corrected chi connectivity index (χ3v) is 3.28. The summed E-state index contributed by atoms with van der Waals surface area (Å²) in [5.74, 6) is 1.03. The van der Waals surface area contributed by atoms with Gasteiger partial charge in [-0.05, 0) is 18.9 Å². The van der Waals surface area contributed by atoms with E-state index in [0.717, 1.165) is 17.3 Å². The molecule has 1 aromatic rings. The van der Waals surface area contributed by atoms with Crippen LogP contribution in [0.3, 0.4) is 0 Å². The van der Waals surface area contributed by atoms with Crippen LogP contribution < -0.4 is 5.73 Å². The second-order valence-electron chi connectivity index (χ2n) is 3.62. The predicted octanol–water partition coefficient (Wildman–Crippen LogP) is 1.97. The monoisotopic (exact) mass is 206 g/mol. The first kappa shape index (κ1) is 9.59. The van der Waals surface area contributed by atoms with Crippen LogP contribution in [0.1, 0.15) is 11.1 Å². The van der Waals surface area contributed by atoms with E-state index in [1.165, 1.54) is 11.1 Å². The summed E-state index contributed by atoms with van der Waals surface area (Å²) in [6, 6.07) is 9.01. The summed E-state index contributed by atoms with van der Waals surface area (Å²) in [6.07, 6.45) is 1.01. The minimum absolute atomic E-state index is 0.378. The van der Waals surface area contributed by atoms with E-state index >= 15 is 0 Å². The number of aryl methyl sites for hydroxylation is 1. The lowest BCUT2D eigenvalue weighted by Crippen LogP contribution is -2.08. The van der Waals surface area contributed by atoms with Crippen molar-refractivity contribution in [2.75, 3.05) is 5.75 Å². The van der Waals surface area contributed by atoms with E-state index in [1.54, 1.807) is 11.8 Å². The van der Waals surface area contributed by atoms with Crippen molar-refractivity contribution in [3.8, 4) is 0 Å². The van der Waals surface area contributed by atoms with Gasteiger partial charge >= 0.3 is 0 Å². The quantitative estimate of drug-likeness (QED) is 0.803. The first-order chi connectivity index (χ1) is 6.74. The Balaban J connectivity index is 2.01. The van der Waals surface area contributed by atoms with Crippen LogP contribution >= 0.6 is 11.8 Å². The van der Waals surface area contributed by atoms with Crippen molar-refractivity contribution >= 4 is 16.9 Å². The highest BCUT2D eigenvalue weighted by atomic mass is 32.2. The molecule has 2 nitrogen and oxygen atoms in total. The highest BCUT2D eigenvalue weighted by Crippen LogP contribution is 2.18. The van der Waals surface area contributed by atoms with Gasteiger partial charge in [-0.3, -0.25) is 4.99 Å². The SMILES string of the molecule is Cc1ccc(CC2CSC(N)=N2)cc1. The number of amidine groups is 1. The molecule has 1 aliphatic rings. The Bertz CT molecular complexity index is 343. The normalized spacial score (nSPS) is 20.9. The average molecular weight is 206 g/mol. The molecule has 1 aromatic carbocycles. The predicted molar refractivity (Wildman–Crippen MR) is 62.8 cm³/mol. The molecule has 0 saturated heterocycles. The van der Waals surface area contributed by atoms with Gasteiger partial charge in [0, 0.05) is 5.75 Å². The molecule has 0 bridgehead atoms. The Morgan fingerprint density at radius 3 is 2.71 bits per heavy atom. The van der Waals surface area contributed by atoms with E-state index in [9.17, 15) is 0 Å². The van der Waals surface area contributed by atoms with Gasteiger partial charge in [-0.15, -0.1) is 0 Å². The highest BCUT2D eigenvalue weighted by Gasteiger charge is 2.15.